The molecule has 1 unspecified atom stereocenters. The molecule has 0 saturated carbocycles. The van der Waals surface area contributed by atoms with Crippen LogP contribution < -0.4 is 5.32 Å². The zero-order valence-electron chi connectivity index (χ0n) is 10.8. The SMILES string of the molecule is CCC(CC)C(O)CNCc1ncc(Cl)n1C. The highest BCUT2D eigenvalue weighted by Gasteiger charge is 2.15. The van der Waals surface area contributed by atoms with Gasteiger partial charge < -0.3 is 15.0 Å². The van der Waals surface area contributed by atoms with E-state index in [9.17, 15) is 5.11 Å². The van der Waals surface area contributed by atoms with Crippen LogP contribution in [0.2, 0.25) is 5.15 Å². The van der Waals surface area contributed by atoms with E-state index in [1.807, 2.05) is 11.6 Å². The molecule has 17 heavy (non-hydrogen) atoms. The molecule has 0 aliphatic carbocycles. The van der Waals surface area contributed by atoms with Crippen molar-refractivity contribution in [3.05, 3.63) is 17.2 Å². The van der Waals surface area contributed by atoms with Crippen LogP contribution in [0.4, 0.5) is 0 Å². The number of imidazole rings is 1. The first-order valence-electron chi connectivity index (χ1n) is 6.15. The maximum atomic E-state index is 9.95. The first kappa shape index (κ1) is 14.5. The summed E-state index contributed by atoms with van der Waals surface area (Å²) in [6.07, 6.45) is 3.36. The molecule has 0 amide bonds. The van der Waals surface area contributed by atoms with Gasteiger partial charge in [0.05, 0.1) is 18.8 Å². The Balaban J connectivity index is 2.35. The summed E-state index contributed by atoms with van der Waals surface area (Å²) in [5.74, 6) is 1.25. The van der Waals surface area contributed by atoms with Crippen LogP contribution in [0.15, 0.2) is 6.20 Å². The van der Waals surface area contributed by atoms with Crippen molar-refractivity contribution in [2.24, 2.45) is 13.0 Å². The number of hydrogen-bond donors (Lipinski definition) is 2. The first-order chi connectivity index (χ1) is 8.10. The van der Waals surface area contributed by atoms with Crippen LogP contribution >= 0.6 is 11.6 Å². The molecule has 0 saturated heterocycles. The van der Waals surface area contributed by atoms with Gasteiger partial charge in [-0.05, 0) is 5.92 Å². The van der Waals surface area contributed by atoms with Gasteiger partial charge in [-0.2, -0.15) is 0 Å². The van der Waals surface area contributed by atoms with Crippen LogP contribution in [0.3, 0.4) is 0 Å². The van der Waals surface area contributed by atoms with Crippen LogP contribution in [0.25, 0.3) is 0 Å². The molecule has 0 aromatic carbocycles. The quantitative estimate of drug-likeness (QED) is 0.787. The number of halogens is 1. The Morgan fingerprint density at radius 1 is 1.47 bits per heavy atom. The molecule has 1 rings (SSSR count). The van der Waals surface area contributed by atoms with Crippen LogP contribution in [0, 0.1) is 5.92 Å². The Morgan fingerprint density at radius 2 is 2.12 bits per heavy atom. The Kier molecular flexibility index (Phi) is 5.95. The second-order valence-electron chi connectivity index (χ2n) is 4.33. The summed E-state index contributed by atoms with van der Waals surface area (Å²) in [6.45, 7) is 5.43. The number of hydrogen-bond acceptors (Lipinski definition) is 3. The van der Waals surface area contributed by atoms with Crippen molar-refractivity contribution in [3.63, 3.8) is 0 Å². The molecule has 0 aliphatic rings. The Hall–Kier alpha value is -0.580. The van der Waals surface area contributed by atoms with Crippen LogP contribution in [0.5, 0.6) is 0 Å². The van der Waals surface area contributed by atoms with Gasteiger partial charge in [0.2, 0.25) is 0 Å². The van der Waals surface area contributed by atoms with Crippen LogP contribution in [-0.4, -0.2) is 27.3 Å². The molecule has 1 atom stereocenters. The van der Waals surface area contributed by atoms with Crippen molar-refractivity contribution in [3.8, 4) is 0 Å². The van der Waals surface area contributed by atoms with Crippen molar-refractivity contribution in [1.82, 2.24) is 14.9 Å². The van der Waals surface area contributed by atoms with Gasteiger partial charge in [-0.1, -0.05) is 38.3 Å². The molecule has 98 valence electrons. The minimum absolute atomic E-state index is 0.291. The van der Waals surface area contributed by atoms with Crippen molar-refractivity contribution in [1.29, 1.82) is 0 Å². The minimum Gasteiger partial charge on any atom is -0.392 e. The molecule has 2 N–H and O–H groups in total. The van der Waals surface area contributed by atoms with E-state index in [2.05, 4.69) is 24.1 Å². The van der Waals surface area contributed by atoms with E-state index in [-0.39, 0.29) is 6.10 Å². The third-order valence-electron chi connectivity index (χ3n) is 3.26. The minimum atomic E-state index is -0.291. The van der Waals surface area contributed by atoms with E-state index in [4.69, 9.17) is 11.6 Å². The summed E-state index contributed by atoms with van der Waals surface area (Å²) in [4.78, 5) is 4.18. The summed E-state index contributed by atoms with van der Waals surface area (Å²) in [7, 11) is 1.88. The fraction of sp³-hybridized carbons (Fsp3) is 0.750. The Labute approximate surface area is 108 Å². The molecular weight excluding hydrogens is 238 g/mol. The highest BCUT2D eigenvalue weighted by atomic mass is 35.5. The molecule has 0 aliphatic heterocycles. The van der Waals surface area contributed by atoms with Gasteiger partial charge in [0.1, 0.15) is 11.0 Å². The van der Waals surface area contributed by atoms with Gasteiger partial charge in [0.15, 0.2) is 0 Å². The van der Waals surface area contributed by atoms with Crippen LogP contribution in [0.1, 0.15) is 32.5 Å². The molecule has 5 heteroatoms. The number of aromatic nitrogens is 2. The fourth-order valence-electron chi connectivity index (χ4n) is 1.92. The van der Waals surface area contributed by atoms with Gasteiger partial charge in [-0.3, -0.25) is 0 Å². The van der Waals surface area contributed by atoms with Crippen molar-refractivity contribution in [2.75, 3.05) is 6.54 Å². The largest absolute Gasteiger partial charge is 0.392 e. The summed E-state index contributed by atoms with van der Waals surface area (Å²) < 4.78 is 1.83. The maximum Gasteiger partial charge on any atom is 0.128 e. The number of nitrogens with zero attached hydrogens (tertiary/aromatic N) is 2. The van der Waals surface area contributed by atoms with Gasteiger partial charge in [0, 0.05) is 13.6 Å². The molecule has 0 fully saturated rings. The fourth-order valence-corrected chi connectivity index (χ4v) is 2.07. The lowest BCUT2D eigenvalue weighted by Crippen LogP contribution is -2.32. The van der Waals surface area contributed by atoms with Crippen LogP contribution in [-0.2, 0) is 13.6 Å². The topological polar surface area (TPSA) is 50.1 Å². The lowest BCUT2D eigenvalue weighted by molar-refractivity contribution is 0.101. The second kappa shape index (κ2) is 6.99. The average molecular weight is 260 g/mol. The molecule has 0 radical (unpaired) electrons. The molecule has 0 bridgehead atoms. The molecule has 1 aromatic heterocycles. The standard InChI is InChI=1S/C12H22ClN3O/c1-4-9(5-2)10(17)6-14-8-12-15-7-11(13)16(12)3/h7,9-10,14,17H,4-6,8H2,1-3H3. The Bertz CT molecular complexity index is 336. The first-order valence-corrected chi connectivity index (χ1v) is 6.52. The number of nitrogens with one attached hydrogen (secondary N) is 1. The van der Waals surface area contributed by atoms with Crippen molar-refractivity contribution in [2.45, 2.75) is 39.3 Å². The summed E-state index contributed by atoms with van der Waals surface area (Å²) in [6, 6.07) is 0. The summed E-state index contributed by atoms with van der Waals surface area (Å²) in [5.41, 5.74) is 0. The van der Waals surface area contributed by atoms with Crippen molar-refractivity contribution >= 4 is 11.6 Å². The van der Waals surface area contributed by atoms with E-state index >= 15 is 0 Å². The highest BCUT2D eigenvalue weighted by molar-refractivity contribution is 6.29. The predicted octanol–water partition coefficient (Wildman–Crippen LogP) is 1.96. The summed E-state index contributed by atoms with van der Waals surface area (Å²) in [5, 5.41) is 13.8. The Morgan fingerprint density at radius 3 is 2.59 bits per heavy atom. The normalized spacial score (nSPS) is 13.3. The van der Waals surface area contributed by atoms with E-state index < -0.39 is 0 Å². The zero-order chi connectivity index (χ0) is 12.8. The number of aliphatic hydroxyl groups excluding tert-OH is 1. The van der Waals surface area contributed by atoms with Gasteiger partial charge in [-0.25, -0.2) is 4.98 Å². The third kappa shape index (κ3) is 3.98. The highest BCUT2D eigenvalue weighted by Crippen LogP contribution is 2.12. The number of aliphatic hydroxyl groups is 1. The third-order valence-corrected chi connectivity index (χ3v) is 3.61. The second-order valence-corrected chi connectivity index (χ2v) is 4.72. The molecule has 1 aromatic rings. The monoisotopic (exact) mass is 259 g/mol. The van der Waals surface area contributed by atoms with Gasteiger partial charge in [0.25, 0.3) is 0 Å². The lowest BCUT2D eigenvalue weighted by atomic mass is 9.97. The van der Waals surface area contributed by atoms with E-state index in [0.717, 1.165) is 18.7 Å². The van der Waals surface area contributed by atoms with E-state index in [1.165, 1.54) is 0 Å². The smallest absolute Gasteiger partial charge is 0.128 e. The van der Waals surface area contributed by atoms with E-state index in [0.29, 0.717) is 24.2 Å². The van der Waals surface area contributed by atoms with Gasteiger partial charge >= 0.3 is 0 Å². The zero-order valence-corrected chi connectivity index (χ0v) is 11.5. The molecular formula is C12H22ClN3O. The van der Waals surface area contributed by atoms with Crippen molar-refractivity contribution < 1.29 is 5.11 Å². The maximum absolute atomic E-state index is 9.95. The number of rotatable bonds is 7. The average Bonchev–Trinajstić information content (AvgIpc) is 2.62. The van der Waals surface area contributed by atoms with Gasteiger partial charge in [-0.15, -0.1) is 0 Å². The molecule has 1 heterocycles. The molecule has 4 nitrogen and oxygen atoms in total. The lowest BCUT2D eigenvalue weighted by Gasteiger charge is -2.20. The van der Waals surface area contributed by atoms with E-state index in [1.54, 1.807) is 6.20 Å². The molecule has 0 spiro atoms. The summed E-state index contributed by atoms with van der Waals surface area (Å²) >= 11 is 5.89. The predicted molar refractivity (Wildman–Crippen MR) is 70.0 cm³/mol.